The molecule has 0 radical (unpaired) electrons. The molecule has 1 aromatic heterocycles. The van der Waals surface area contributed by atoms with E-state index in [9.17, 15) is 18.9 Å². The minimum Gasteiger partial charge on any atom is -0.265 e. The van der Waals surface area contributed by atoms with Gasteiger partial charge in [0.2, 0.25) is 5.82 Å². The fourth-order valence-electron chi connectivity index (χ4n) is 1.43. The minimum absolute atomic E-state index is 0.0319. The van der Waals surface area contributed by atoms with Gasteiger partial charge in [-0.3, -0.25) is 15.1 Å². The van der Waals surface area contributed by atoms with Crippen LogP contribution in [0.25, 0.3) is 11.1 Å². The molecule has 6 heteroatoms. The Labute approximate surface area is 94.7 Å². The van der Waals surface area contributed by atoms with Crippen molar-refractivity contribution in [3.63, 3.8) is 0 Å². The number of pyridine rings is 1. The van der Waals surface area contributed by atoms with Crippen LogP contribution in [0.1, 0.15) is 0 Å². The van der Waals surface area contributed by atoms with E-state index in [0.29, 0.717) is 11.6 Å². The van der Waals surface area contributed by atoms with Crippen molar-refractivity contribution in [3.8, 4) is 11.1 Å². The average molecular weight is 236 g/mol. The zero-order valence-corrected chi connectivity index (χ0v) is 8.43. The molecular formula is C11H6F2N2O2. The van der Waals surface area contributed by atoms with Crippen LogP contribution < -0.4 is 0 Å². The molecule has 4 nitrogen and oxygen atoms in total. The van der Waals surface area contributed by atoms with E-state index in [4.69, 9.17) is 0 Å². The third kappa shape index (κ3) is 2.10. The Kier molecular flexibility index (Phi) is 2.78. The third-order valence-electron chi connectivity index (χ3n) is 2.22. The molecule has 0 unspecified atom stereocenters. The van der Waals surface area contributed by atoms with Crippen molar-refractivity contribution in [2.75, 3.05) is 0 Å². The van der Waals surface area contributed by atoms with Gasteiger partial charge in [0.25, 0.3) is 0 Å². The zero-order chi connectivity index (χ0) is 12.4. The molecule has 0 amide bonds. The lowest BCUT2D eigenvalue weighted by atomic mass is 10.1. The highest BCUT2D eigenvalue weighted by Gasteiger charge is 2.18. The molecule has 0 N–H and O–H groups in total. The van der Waals surface area contributed by atoms with Crippen molar-refractivity contribution < 1.29 is 13.7 Å². The van der Waals surface area contributed by atoms with Gasteiger partial charge in [-0.05, 0) is 23.8 Å². The number of hydrogen-bond donors (Lipinski definition) is 0. The maximum atomic E-state index is 13.6. The molecule has 0 spiro atoms. The van der Waals surface area contributed by atoms with Gasteiger partial charge in [-0.25, -0.2) is 4.39 Å². The van der Waals surface area contributed by atoms with Crippen molar-refractivity contribution in [1.29, 1.82) is 0 Å². The molecule has 17 heavy (non-hydrogen) atoms. The first-order valence-corrected chi connectivity index (χ1v) is 4.63. The molecule has 86 valence electrons. The fraction of sp³-hybridized carbons (Fsp3) is 0. The Morgan fingerprint density at radius 1 is 1.12 bits per heavy atom. The van der Waals surface area contributed by atoms with Crippen LogP contribution in [0.4, 0.5) is 14.5 Å². The highest BCUT2D eigenvalue weighted by molar-refractivity contribution is 5.65. The molecule has 1 heterocycles. The standard InChI is InChI=1S/C11H6F2N2O2/c12-9-6-11(15(16)17)10(13)5-8(9)7-1-3-14-4-2-7/h1-6H. The third-order valence-corrected chi connectivity index (χ3v) is 2.22. The minimum atomic E-state index is -1.07. The zero-order valence-electron chi connectivity index (χ0n) is 8.43. The summed E-state index contributed by atoms with van der Waals surface area (Å²) in [6.07, 6.45) is 2.85. The monoisotopic (exact) mass is 236 g/mol. The summed E-state index contributed by atoms with van der Waals surface area (Å²) in [5.41, 5.74) is -0.498. The van der Waals surface area contributed by atoms with Gasteiger partial charge >= 0.3 is 5.69 Å². The number of rotatable bonds is 2. The summed E-state index contributed by atoms with van der Waals surface area (Å²) in [5.74, 6) is -1.91. The van der Waals surface area contributed by atoms with Crippen molar-refractivity contribution in [1.82, 2.24) is 4.98 Å². The SMILES string of the molecule is O=[N+]([O-])c1cc(F)c(-c2ccncc2)cc1F. The Bertz CT molecular complexity index is 573. The number of halogens is 2. The first-order chi connectivity index (χ1) is 8.09. The number of nitrogens with zero attached hydrogens (tertiary/aromatic N) is 2. The molecule has 0 bridgehead atoms. The molecule has 0 aliphatic carbocycles. The topological polar surface area (TPSA) is 56.0 Å². The molecular weight excluding hydrogens is 230 g/mol. The highest BCUT2D eigenvalue weighted by atomic mass is 19.1. The molecule has 0 saturated carbocycles. The number of nitro benzene ring substituents is 1. The largest absolute Gasteiger partial charge is 0.307 e. The van der Waals surface area contributed by atoms with E-state index in [1.807, 2.05) is 0 Å². The summed E-state index contributed by atoms with van der Waals surface area (Å²) in [4.78, 5) is 13.2. The Hall–Kier alpha value is -2.37. The predicted molar refractivity (Wildman–Crippen MR) is 56.2 cm³/mol. The quantitative estimate of drug-likeness (QED) is 0.595. The Morgan fingerprint density at radius 3 is 2.35 bits per heavy atom. The second-order valence-corrected chi connectivity index (χ2v) is 3.28. The van der Waals surface area contributed by atoms with E-state index in [1.165, 1.54) is 24.5 Å². The maximum Gasteiger partial charge on any atom is 0.307 e. The maximum absolute atomic E-state index is 13.6. The fourth-order valence-corrected chi connectivity index (χ4v) is 1.43. The summed E-state index contributed by atoms with van der Waals surface area (Å²) < 4.78 is 26.9. The smallest absolute Gasteiger partial charge is 0.265 e. The van der Waals surface area contributed by atoms with Crippen molar-refractivity contribution in [2.24, 2.45) is 0 Å². The van der Waals surface area contributed by atoms with E-state index in [2.05, 4.69) is 4.98 Å². The highest BCUT2D eigenvalue weighted by Crippen LogP contribution is 2.28. The van der Waals surface area contributed by atoms with Gasteiger partial charge in [-0.1, -0.05) is 0 Å². The van der Waals surface area contributed by atoms with Crippen LogP contribution in [0.15, 0.2) is 36.7 Å². The van der Waals surface area contributed by atoms with Gasteiger partial charge in [-0.15, -0.1) is 0 Å². The van der Waals surface area contributed by atoms with Crippen LogP contribution >= 0.6 is 0 Å². The van der Waals surface area contributed by atoms with Crippen LogP contribution in [0.2, 0.25) is 0 Å². The van der Waals surface area contributed by atoms with Crippen LogP contribution in [-0.2, 0) is 0 Å². The summed E-state index contributed by atoms with van der Waals surface area (Å²) >= 11 is 0. The molecule has 2 aromatic rings. The molecule has 2 rings (SSSR count). The van der Waals surface area contributed by atoms with Crippen molar-refractivity contribution in [2.45, 2.75) is 0 Å². The van der Waals surface area contributed by atoms with Gasteiger partial charge in [0.05, 0.1) is 11.0 Å². The molecule has 0 fully saturated rings. The van der Waals surface area contributed by atoms with Gasteiger partial charge in [-0.2, -0.15) is 4.39 Å². The molecule has 0 atom stereocenters. The van der Waals surface area contributed by atoms with Gasteiger partial charge in [0, 0.05) is 18.0 Å². The lowest BCUT2D eigenvalue weighted by Gasteiger charge is -2.03. The lowest BCUT2D eigenvalue weighted by Crippen LogP contribution is -1.95. The molecule has 0 aliphatic heterocycles. The van der Waals surface area contributed by atoms with Gasteiger partial charge in [0.15, 0.2) is 0 Å². The summed E-state index contributed by atoms with van der Waals surface area (Å²) in [5, 5.41) is 10.4. The van der Waals surface area contributed by atoms with Crippen LogP contribution in [-0.4, -0.2) is 9.91 Å². The molecule has 0 aliphatic rings. The first-order valence-electron chi connectivity index (χ1n) is 4.63. The Balaban J connectivity index is 2.58. The van der Waals surface area contributed by atoms with E-state index in [-0.39, 0.29) is 5.56 Å². The number of hydrogen-bond acceptors (Lipinski definition) is 3. The molecule has 1 aromatic carbocycles. The summed E-state index contributed by atoms with van der Waals surface area (Å²) in [7, 11) is 0. The predicted octanol–water partition coefficient (Wildman–Crippen LogP) is 2.94. The second-order valence-electron chi connectivity index (χ2n) is 3.28. The summed E-state index contributed by atoms with van der Waals surface area (Å²) in [6.45, 7) is 0. The van der Waals surface area contributed by atoms with Crippen LogP contribution in [0.3, 0.4) is 0 Å². The van der Waals surface area contributed by atoms with Gasteiger partial charge < -0.3 is 0 Å². The second kappa shape index (κ2) is 4.25. The normalized spacial score (nSPS) is 10.2. The van der Waals surface area contributed by atoms with Crippen LogP contribution in [0, 0.1) is 21.7 Å². The van der Waals surface area contributed by atoms with Crippen molar-refractivity contribution >= 4 is 5.69 Å². The van der Waals surface area contributed by atoms with E-state index >= 15 is 0 Å². The lowest BCUT2D eigenvalue weighted by molar-refractivity contribution is -0.387. The number of aromatic nitrogens is 1. The number of nitro groups is 1. The van der Waals surface area contributed by atoms with Gasteiger partial charge in [0.1, 0.15) is 5.82 Å². The first kappa shape index (κ1) is 11.1. The van der Waals surface area contributed by atoms with E-state index in [0.717, 1.165) is 6.07 Å². The number of benzene rings is 1. The van der Waals surface area contributed by atoms with Crippen molar-refractivity contribution in [3.05, 3.63) is 58.4 Å². The Morgan fingerprint density at radius 2 is 1.76 bits per heavy atom. The average Bonchev–Trinajstić information content (AvgIpc) is 2.32. The summed E-state index contributed by atoms with van der Waals surface area (Å²) in [6, 6.07) is 4.36. The molecule has 0 saturated heterocycles. The van der Waals surface area contributed by atoms with Crippen LogP contribution in [0.5, 0.6) is 0 Å². The van der Waals surface area contributed by atoms with E-state index in [1.54, 1.807) is 0 Å². The van der Waals surface area contributed by atoms with E-state index < -0.39 is 22.2 Å².